The number of hydrogen-bond donors (Lipinski definition) is 2. The second kappa shape index (κ2) is 4.17. The van der Waals surface area contributed by atoms with E-state index >= 15 is 0 Å². The molecule has 0 aromatic heterocycles. The molecule has 4 N–H and O–H groups in total. The molecular formula is C13H14ClFN2. The first kappa shape index (κ1) is 12.1. The van der Waals surface area contributed by atoms with E-state index in [1.54, 1.807) is 18.2 Å². The van der Waals surface area contributed by atoms with Gasteiger partial charge in [0.05, 0.1) is 10.6 Å². The van der Waals surface area contributed by atoms with E-state index in [0.29, 0.717) is 12.0 Å². The molecule has 1 aromatic carbocycles. The molecule has 4 heteroatoms. The van der Waals surface area contributed by atoms with Gasteiger partial charge in [-0.25, -0.2) is 4.39 Å². The average Bonchev–Trinajstić information content (AvgIpc) is 2.28. The van der Waals surface area contributed by atoms with Crippen LogP contribution in [0.5, 0.6) is 0 Å². The molecule has 2 rings (SSSR count). The third kappa shape index (κ3) is 2.21. The molecule has 0 fully saturated rings. The zero-order chi connectivity index (χ0) is 12.6. The summed E-state index contributed by atoms with van der Waals surface area (Å²) in [7, 11) is 0. The Kier molecular flexibility index (Phi) is 2.98. The maximum absolute atomic E-state index is 13.4. The fourth-order valence-corrected chi connectivity index (χ4v) is 2.08. The zero-order valence-electron chi connectivity index (χ0n) is 9.50. The molecule has 0 aliphatic heterocycles. The first-order valence-corrected chi connectivity index (χ1v) is 5.69. The Morgan fingerprint density at radius 1 is 1.41 bits per heavy atom. The second-order valence-corrected chi connectivity index (χ2v) is 4.82. The number of hydrogen-bond acceptors (Lipinski definition) is 2. The molecule has 0 saturated carbocycles. The van der Waals surface area contributed by atoms with Crippen molar-refractivity contribution in [1.29, 1.82) is 0 Å². The molecule has 0 saturated heterocycles. The Hall–Kier alpha value is -1.32. The van der Waals surface area contributed by atoms with E-state index < -0.39 is 11.4 Å². The summed E-state index contributed by atoms with van der Waals surface area (Å²) in [6.45, 7) is 1.92. The van der Waals surface area contributed by atoms with Crippen molar-refractivity contribution in [3.05, 3.63) is 58.0 Å². The standard InChI is InChI=1S/C13H14ClFN2/c1-8-7-13(17,5-4-12(8)16)9-2-3-10(14)11(15)6-9/h2-6H,7,16-17H2,1H3. The van der Waals surface area contributed by atoms with Gasteiger partial charge in [-0.05, 0) is 42.7 Å². The van der Waals surface area contributed by atoms with Gasteiger partial charge in [-0.1, -0.05) is 23.7 Å². The fourth-order valence-electron chi connectivity index (χ4n) is 1.96. The molecule has 1 aliphatic carbocycles. The quantitative estimate of drug-likeness (QED) is 0.808. The van der Waals surface area contributed by atoms with E-state index in [1.165, 1.54) is 12.1 Å². The van der Waals surface area contributed by atoms with Crippen LogP contribution >= 0.6 is 11.6 Å². The van der Waals surface area contributed by atoms with Crippen LogP contribution < -0.4 is 11.5 Å². The van der Waals surface area contributed by atoms with Crippen LogP contribution in [-0.2, 0) is 5.54 Å². The maximum Gasteiger partial charge on any atom is 0.142 e. The van der Waals surface area contributed by atoms with Crippen molar-refractivity contribution < 1.29 is 4.39 Å². The lowest BCUT2D eigenvalue weighted by molar-refractivity contribution is 0.535. The van der Waals surface area contributed by atoms with Gasteiger partial charge in [-0.2, -0.15) is 0 Å². The lowest BCUT2D eigenvalue weighted by Crippen LogP contribution is -2.37. The van der Waals surface area contributed by atoms with E-state index in [-0.39, 0.29) is 5.02 Å². The summed E-state index contributed by atoms with van der Waals surface area (Å²) >= 11 is 5.65. The van der Waals surface area contributed by atoms with Gasteiger partial charge >= 0.3 is 0 Å². The highest BCUT2D eigenvalue weighted by Crippen LogP contribution is 2.33. The Morgan fingerprint density at radius 3 is 2.71 bits per heavy atom. The Labute approximate surface area is 105 Å². The van der Waals surface area contributed by atoms with Crippen LogP contribution in [0.25, 0.3) is 0 Å². The number of halogens is 2. The van der Waals surface area contributed by atoms with Gasteiger partial charge in [0.2, 0.25) is 0 Å². The fraction of sp³-hybridized carbons (Fsp3) is 0.231. The molecule has 1 atom stereocenters. The third-order valence-electron chi connectivity index (χ3n) is 3.07. The molecule has 0 radical (unpaired) electrons. The largest absolute Gasteiger partial charge is 0.399 e. The highest BCUT2D eigenvalue weighted by molar-refractivity contribution is 6.30. The van der Waals surface area contributed by atoms with Crippen LogP contribution in [-0.4, -0.2) is 0 Å². The summed E-state index contributed by atoms with van der Waals surface area (Å²) in [6, 6.07) is 4.64. The smallest absolute Gasteiger partial charge is 0.142 e. The molecule has 0 heterocycles. The monoisotopic (exact) mass is 252 g/mol. The number of allylic oxidation sites excluding steroid dienone is 1. The lowest BCUT2D eigenvalue weighted by Gasteiger charge is -2.30. The van der Waals surface area contributed by atoms with Crippen LogP contribution in [0.4, 0.5) is 4.39 Å². The van der Waals surface area contributed by atoms with Crippen LogP contribution in [0.2, 0.25) is 5.02 Å². The Balaban J connectivity index is 2.41. The first-order chi connectivity index (χ1) is 7.92. The van der Waals surface area contributed by atoms with Gasteiger partial charge in [-0.15, -0.1) is 0 Å². The predicted octanol–water partition coefficient (Wildman–Crippen LogP) is 2.83. The van der Waals surface area contributed by atoms with Crippen molar-refractivity contribution in [2.75, 3.05) is 0 Å². The molecule has 17 heavy (non-hydrogen) atoms. The van der Waals surface area contributed by atoms with Crippen LogP contribution in [0.1, 0.15) is 18.9 Å². The summed E-state index contributed by atoms with van der Waals surface area (Å²) in [6.07, 6.45) is 4.15. The summed E-state index contributed by atoms with van der Waals surface area (Å²) in [5, 5.41) is 0.101. The average molecular weight is 253 g/mol. The lowest BCUT2D eigenvalue weighted by atomic mass is 9.81. The van der Waals surface area contributed by atoms with E-state index in [9.17, 15) is 4.39 Å². The summed E-state index contributed by atoms with van der Waals surface area (Å²) in [4.78, 5) is 0. The summed E-state index contributed by atoms with van der Waals surface area (Å²) < 4.78 is 13.4. The van der Waals surface area contributed by atoms with Crippen molar-refractivity contribution in [2.45, 2.75) is 18.9 Å². The predicted molar refractivity (Wildman–Crippen MR) is 67.9 cm³/mol. The molecule has 0 amide bonds. The highest BCUT2D eigenvalue weighted by Gasteiger charge is 2.28. The Morgan fingerprint density at radius 2 is 2.12 bits per heavy atom. The molecule has 2 nitrogen and oxygen atoms in total. The van der Waals surface area contributed by atoms with Gasteiger partial charge in [0.15, 0.2) is 0 Å². The number of benzene rings is 1. The van der Waals surface area contributed by atoms with E-state index in [0.717, 1.165) is 11.3 Å². The molecule has 90 valence electrons. The van der Waals surface area contributed by atoms with Crippen LogP contribution in [0.3, 0.4) is 0 Å². The van der Waals surface area contributed by atoms with Crippen molar-refractivity contribution >= 4 is 11.6 Å². The van der Waals surface area contributed by atoms with Crippen molar-refractivity contribution in [3.8, 4) is 0 Å². The normalized spacial score (nSPS) is 24.2. The number of rotatable bonds is 1. The van der Waals surface area contributed by atoms with E-state index in [1.807, 2.05) is 6.92 Å². The molecular weight excluding hydrogens is 239 g/mol. The molecule has 1 aliphatic rings. The minimum Gasteiger partial charge on any atom is -0.399 e. The first-order valence-electron chi connectivity index (χ1n) is 5.31. The zero-order valence-corrected chi connectivity index (χ0v) is 10.3. The SMILES string of the molecule is CC1=C(N)C=CC(N)(c2ccc(Cl)c(F)c2)C1. The van der Waals surface area contributed by atoms with Crippen molar-refractivity contribution in [3.63, 3.8) is 0 Å². The highest BCUT2D eigenvalue weighted by atomic mass is 35.5. The Bertz CT molecular complexity index is 522. The van der Waals surface area contributed by atoms with Gasteiger partial charge < -0.3 is 11.5 Å². The van der Waals surface area contributed by atoms with Crippen molar-refractivity contribution in [2.24, 2.45) is 11.5 Å². The van der Waals surface area contributed by atoms with Crippen LogP contribution in [0, 0.1) is 5.82 Å². The second-order valence-electron chi connectivity index (χ2n) is 4.42. The molecule has 1 aromatic rings. The van der Waals surface area contributed by atoms with Gasteiger partial charge in [-0.3, -0.25) is 0 Å². The third-order valence-corrected chi connectivity index (χ3v) is 3.37. The van der Waals surface area contributed by atoms with Gasteiger partial charge in [0, 0.05) is 5.70 Å². The molecule has 0 spiro atoms. The van der Waals surface area contributed by atoms with Gasteiger partial charge in [0.1, 0.15) is 5.82 Å². The minimum absolute atomic E-state index is 0.101. The topological polar surface area (TPSA) is 52.0 Å². The van der Waals surface area contributed by atoms with E-state index in [2.05, 4.69) is 0 Å². The molecule has 0 bridgehead atoms. The maximum atomic E-state index is 13.4. The van der Waals surface area contributed by atoms with E-state index in [4.69, 9.17) is 23.1 Å². The van der Waals surface area contributed by atoms with Crippen molar-refractivity contribution in [1.82, 2.24) is 0 Å². The number of nitrogens with two attached hydrogens (primary N) is 2. The minimum atomic E-state index is -0.710. The molecule has 1 unspecified atom stereocenters. The summed E-state index contributed by atoms with van der Waals surface area (Å²) in [5.41, 5.74) is 13.8. The van der Waals surface area contributed by atoms with Crippen LogP contribution in [0.15, 0.2) is 41.6 Å². The van der Waals surface area contributed by atoms with Gasteiger partial charge in [0.25, 0.3) is 0 Å². The summed E-state index contributed by atoms with van der Waals surface area (Å²) in [5.74, 6) is -0.456.